The highest BCUT2D eigenvalue weighted by Gasteiger charge is 2.23. The average Bonchev–Trinajstić information content (AvgIpc) is 3.14. The van der Waals surface area contributed by atoms with Gasteiger partial charge in [0.05, 0.1) is 12.3 Å². The lowest BCUT2D eigenvalue weighted by Gasteiger charge is -2.20. The first-order chi connectivity index (χ1) is 12.8. The van der Waals surface area contributed by atoms with E-state index in [1.807, 2.05) is 6.07 Å². The zero-order valence-corrected chi connectivity index (χ0v) is 16.9. The minimum atomic E-state index is 0.575. The molecule has 2 nitrogen and oxygen atoms in total. The van der Waals surface area contributed by atoms with Gasteiger partial charge in [0.1, 0.15) is 12.4 Å². The fourth-order valence-corrected chi connectivity index (χ4v) is 3.65. The second-order valence-corrected chi connectivity index (χ2v) is 7.46. The van der Waals surface area contributed by atoms with E-state index in [-0.39, 0.29) is 0 Å². The molecular formula is C24H37NO. The largest absolute Gasteiger partial charge is 0.487 e. The first-order valence-electron chi connectivity index (χ1n) is 10.8. The summed E-state index contributed by atoms with van der Waals surface area (Å²) in [6.07, 6.45) is 15.4. The molecule has 1 aliphatic rings. The van der Waals surface area contributed by atoms with Crippen LogP contribution in [0.1, 0.15) is 83.6 Å². The van der Waals surface area contributed by atoms with Crippen LogP contribution < -0.4 is 0 Å². The average molecular weight is 356 g/mol. The number of hydrogen-bond acceptors (Lipinski definition) is 2. The summed E-state index contributed by atoms with van der Waals surface area (Å²) in [5, 5.41) is 0. The van der Waals surface area contributed by atoms with Gasteiger partial charge in [-0.05, 0) is 24.5 Å². The summed E-state index contributed by atoms with van der Waals surface area (Å²) in [6.45, 7) is 5.99. The van der Waals surface area contributed by atoms with Crippen LogP contribution in [0.3, 0.4) is 0 Å². The van der Waals surface area contributed by atoms with Crippen LogP contribution in [0.25, 0.3) is 0 Å². The van der Waals surface area contributed by atoms with Gasteiger partial charge < -0.3 is 4.74 Å². The highest BCUT2D eigenvalue weighted by Crippen LogP contribution is 2.26. The fourth-order valence-electron chi connectivity index (χ4n) is 3.65. The third kappa shape index (κ3) is 7.35. The van der Waals surface area contributed by atoms with E-state index in [0.717, 1.165) is 12.3 Å². The van der Waals surface area contributed by atoms with Crippen molar-refractivity contribution >= 4 is 5.71 Å². The lowest BCUT2D eigenvalue weighted by molar-refractivity contribution is 0.215. The number of benzene rings is 1. The number of nitrogens with zero attached hydrogens (tertiary/aromatic N) is 1. The Balaban J connectivity index is 1.83. The predicted molar refractivity (Wildman–Crippen MR) is 113 cm³/mol. The fraction of sp³-hybridized carbons (Fsp3) is 0.625. The molecule has 2 heteroatoms. The summed E-state index contributed by atoms with van der Waals surface area (Å²) >= 11 is 0. The second kappa shape index (κ2) is 12.7. The molecule has 0 amide bonds. The Kier molecular flexibility index (Phi) is 10.2. The minimum absolute atomic E-state index is 0.575. The normalized spacial score (nSPS) is 14.8. The Bertz CT molecular complexity index is 547. The van der Waals surface area contributed by atoms with Gasteiger partial charge in [-0.25, -0.2) is 0 Å². The number of hydrogen-bond donors (Lipinski definition) is 0. The molecule has 0 saturated carbocycles. The third-order valence-electron chi connectivity index (χ3n) is 5.23. The van der Waals surface area contributed by atoms with Crippen molar-refractivity contribution in [1.82, 2.24) is 0 Å². The van der Waals surface area contributed by atoms with Crippen LogP contribution in [-0.2, 0) is 11.3 Å². The first kappa shape index (κ1) is 20.7. The lowest BCUT2D eigenvalue weighted by Crippen LogP contribution is -2.17. The van der Waals surface area contributed by atoms with Crippen molar-refractivity contribution < 1.29 is 4.74 Å². The van der Waals surface area contributed by atoms with Crippen LogP contribution >= 0.6 is 0 Å². The van der Waals surface area contributed by atoms with Crippen LogP contribution in [0.5, 0.6) is 0 Å². The molecule has 0 saturated heterocycles. The lowest BCUT2D eigenvalue weighted by atomic mass is 9.90. The van der Waals surface area contributed by atoms with Crippen molar-refractivity contribution in [3.63, 3.8) is 0 Å². The van der Waals surface area contributed by atoms with E-state index < -0.39 is 0 Å². The van der Waals surface area contributed by atoms with Gasteiger partial charge >= 0.3 is 0 Å². The van der Waals surface area contributed by atoms with Crippen molar-refractivity contribution in [2.45, 2.75) is 84.7 Å². The summed E-state index contributed by atoms with van der Waals surface area (Å²) in [5.74, 6) is 1.62. The van der Waals surface area contributed by atoms with Crippen LogP contribution in [0, 0.1) is 5.92 Å². The summed E-state index contributed by atoms with van der Waals surface area (Å²) in [7, 11) is 0. The molecule has 1 aromatic rings. The van der Waals surface area contributed by atoms with Crippen molar-refractivity contribution in [3.8, 4) is 0 Å². The maximum atomic E-state index is 6.15. The topological polar surface area (TPSA) is 21.6 Å². The van der Waals surface area contributed by atoms with Gasteiger partial charge in [-0.15, -0.1) is 0 Å². The molecule has 0 aromatic heterocycles. The van der Waals surface area contributed by atoms with Gasteiger partial charge in [-0.3, -0.25) is 4.99 Å². The van der Waals surface area contributed by atoms with E-state index in [0.29, 0.717) is 12.5 Å². The van der Waals surface area contributed by atoms with Crippen molar-refractivity contribution in [2.24, 2.45) is 10.9 Å². The Morgan fingerprint density at radius 3 is 2.35 bits per heavy atom. The molecule has 2 rings (SSSR count). The Morgan fingerprint density at radius 2 is 1.58 bits per heavy atom. The highest BCUT2D eigenvalue weighted by atomic mass is 16.5. The molecule has 1 aromatic carbocycles. The van der Waals surface area contributed by atoms with Crippen molar-refractivity contribution in [2.75, 3.05) is 6.54 Å². The van der Waals surface area contributed by atoms with Crippen molar-refractivity contribution in [1.29, 1.82) is 0 Å². The molecule has 26 heavy (non-hydrogen) atoms. The third-order valence-corrected chi connectivity index (χ3v) is 5.23. The van der Waals surface area contributed by atoms with Gasteiger partial charge in [-0.1, -0.05) is 95.5 Å². The summed E-state index contributed by atoms with van der Waals surface area (Å²) in [4.78, 5) is 4.81. The number of ether oxygens (including phenoxy) is 1. The molecule has 1 unspecified atom stereocenters. The zero-order valence-electron chi connectivity index (χ0n) is 16.9. The maximum Gasteiger partial charge on any atom is 0.138 e. The smallest absolute Gasteiger partial charge is 0.138 e. The minimum Gasteiger partial charge on any atom is -0.487 e. The SMILES string of the molecule is CCCCCCCCC(CCCC)C1=NCC=C1OCc1ccccc1. The quantitative estimate of drug-likeness (QED) is 0.326. The molecule has 0 radical (unpaired) electrons. The number of rotatable bonds is 14. The molecule has 1 atom stereocenters. The molecule has 0 fully saturated rings. The zero-order chi connectivity index (χ0) is 18.5. The monoisotopic (exact) mass is 355 g/mol. The Hall–Kier alpha value is -1.57. The predicted octanol–water partition coefficient (Wildman–Crippen LogP) is 7.10. The van der Waals surface area contributed by atoms with Crippen LogP contribution in [0.4, 0.5) is 0 Å². The highest BCUT2D eigenvalue weighted by molar-refractivity contribution is 6.01. The maximum absolute atomic E-state index is 6.15. The number of aliphatic imine (C=N–C) groups is 1. The number of unbranched alkanes of at least 4 members (excludes halogenated alkanes) is 6. The molecule has 0 N–H and O–H groups in total. The van der Waals surface area contributed by atoms with E-state index in [1.165, 1.54) is 75.5 Å². The van der Waals surface area contributed by atoms with Gasteiger partial charge in [0.2, 0.25) is 0 Å². The molecule has 0 spiro atoms. The van der Waals surface area contributed by atoms with E-state index in [2.05, 4.69) is 44.2 Å². The molecule has 0 bridgehead atoms. The first-order valence-corrected chi connectivity index (χ1v) is 10.8. The van der Waals surface area contributed by atoms with E-state index in [1.54, 1.807) is 0 Å². The molecule has 0 aliphatic carbocycles. The van der Waals surface area contributed by atoms with Crippen molar-refractivity contribution in [3.05, 3.63) is 47.7 Å². The van der Waals surface area contributed by atoms with Gasteiger partial charge in [-0.2, -0.15) is 0 Å². The molecular weight excluding hydrogens is 318 g/mol. The molecule has 144 valence electrons. The number of allylic oxidation sites excluding steroid dienone is 1. The Morgan fingerprint density at radius 1 is 0.885 bits per heavy atom. The van der Waals surface area contributed by atoms with Crippen LogP contribution in [0.2, 0.25) is 0 Å². The standard InChI is InChI=1S/C24H37NO/c1-3-5-7-8-9-13-17-22(16-6-4-2)24-23(18-19-25-24)26-20-21-14-11-10-12-15-21/h10-12,14-15,18,22H,3-9,13,16-17,19-20H2,1-2H3. The van der Waals surface area contributed by atoms with Crippen LogP contribution in [-0.4, -0.2) is 12.3 Å². The van der Waals surface area contributed by atoms with E-state index >= 15 is 0 Å². The van der Waals surface area contributed by atoms with E-state index in [9.17, 15) is 0 Å². The van der Waals surface area contributed by atoms with Gasteiger partial charge in [0.25, 0.3) is 0 Å². The van der Waals surface area contributed by atoms with E-state index in [4.69, 9.17) is 9.73 Å². The van der Waals surface area contributed by atoms with Gasteiger partial charge in [0, 0.05) is 5.92 Å². The van der Waals surface area contributed by atoms with Gasteiger partial charge in [0.15, 0.2) is 0 Å². The second-order valence-electron chi connectivity index (χ2n) is 7.46. The molecule has 1 heterocycles. The van der Waals surface area contributed by atoms with Crippen LogP contribution in [0.15, 0.2) is 47.2 Å². The summed E-state index contributed by atoms with van der Waals surface area (Å²) in [6, 6.07) is 10.4. The summed E-state index contributed by atoms with van der Waals surface area (Å²) < 4.78 is 6.15. The summed E-state index contributed by atoms with van der Waals surface area (Å²) in [5.41, 5.74) is 2.46. The Labute approximate surface area is 160 Å². The molecule has 1 aliphatic heterocycles.